The van der Waals surface area contributed by atoms with E-state index in [2.05, 4.69) is 25.7 Å². The molecule has 1 fully saturated rings. The van der Waals surface area contributed by atoms with Gasteiger partial charge in [0.2, 0.25) is 0 Å². The lowest BCUT2D eigenvalue weighted by Gasteiger charge is -2.51. The second-order valence-electron chi connectivity index (χ2n) is 4.55. The summed E-state index contributed by atoms with van der Waals surface area (Å²) in [6, 6.07) is 0.324. The maximum atomic E-state index is 9.36. The zero-order chi connectivity index (χ0) is 9.35. The molecule has 1 aliphatic heterocycles. The van der Waals surface area contributed by atoms with Crippen molar-refractivity contribution in [3.8, 4) is 0 Å². The van der Waals surface area contributed by atoms with Gasteiger partial charge in [0, 0.05) is 19.1 Å². The minimum Gasteiger partial charge on any atom is -0.392 e. The van der Waals surface area contributed by atoms with Crippen LogP contribution in [0.5, 0.6) is 0 Å². The minimum absolute atomic E-state index is 0.202. The van der Waals surface area contributed by atoms with Crippen molar-refractivity contribution in [2.45, 2.75) is 46.3 Å². The fraction of sp³-hybridized carbons (Fsp3) is 1.00. The molecule has 0 aromatic rings. The van der Waals surface area contributed by atoms with Gasteiger partial charge in [-0.15, -0.1) is 0 Å². The molecule has 2 atom stereocenters. The van der Waals surface area contributed by atoms with E-state index in [0.717, 1.165) is 13.1 Å². The highest BCUT2D eigenvalue weighted by molar-refractivity contribution is 4.93. The van der Waals surface area contributed by atoms with Crippen molar-refractivity contribution < 1.29 is 5.11 Å². The maximum absolute atomic E-state index is 9.36. The largest absolute Gasteiger partial charge is 0.392 e. The summed E-state index contributed by atoms with van der Waals surface area (Å²) in [5.41, 5.74) is 0.517. The van der Waals surface area contributed by atoms with Gasteiger partial charge in [0.25, 0.3) is 0 Å². The molecule has 0 amide bonds. The third-order valence-electron chi connectivity index (χ3n) is 3.30. The summed E-state index contributed by atoms with van der Waals surface area (Å²) in [5.74, 6) is 0. The van der Waals surface area contributed by atoms with Gasteiger partial charge in [-0.05, 0) is 25.7 Å². The van der Waals surface area contributed by atoms with E-state index < -0.39 is 0 Å². The van der Waals surface area contributed by atoms with Crippen LogP contribution in [0.25, 0.3) is 0 Å². The smallest absolute Gasteiger partial charge is 0.0664 e. The lowest BCUT2D eigenvalue weighted by Crippen LogP contribution is -2.59. The molecule has 2 nitrogen and oxygen atoms in total. The molecule has 0 aromatic carbocycles. The van der Waals surface area contributed by atoms with Crippen molar-refractivity contribution in [3.63, 3.8) is 0 Å². The van der Waals surface area contributed by atoms with Crippen LogP contribution >= 0.6 is 0 Å². The Labute approximate surface area is 75.6 Å². The fourth-order valence-corrected chi connectivity index (χ4v) is 1.75. The van der Waals surface area contributed by atoms with E-state index in [0.29, 0.717) is 11.5 Å². The molecule has 2 heteroatoms. The summed E-state index contributed by atoms with van der Waals surface area (Å²) in [7, 11) is 0. The van der Waals surface area contributed by atoms with Gasteiger partial charge in [-0.3, -0.25) is 4.90 Å². The molecular weight excluding hydrogens is 150 g/mol. The summed E-state index contributed by atoms with van der Waals surface area (Å²) >= 11 is 0. The van der Waals surface area contributed by atoms with Crippen molar-refractivity contribution in [2.75, 3.05) is 13.1 Å². The molecule has 0 saturated carbocycles. The summed E-state index contributed by atoms with van der Waals surface area (Å²) in [4.78, 5) is 2.36. The van der Waals surface area contributed by atoms with Crippen LogP contribution in [0.4, 0.5) is 0 Å². The summed E-state index contributed by atoms with van der Waals surface area (Å²) in [5, 5.41) is 9.36. The van der Waals surface area contributed by atoms with E-state index in [1.807, 2.05) is 6.92 Å². The zero-order valence-electron chi connectivity index (χ0n) is 8.67. The van der Waals surface area contributed by atoms with Crippen molar-refractivity contribution in [1.82, 2.24) is 4.90 Å². The predicted molar refractivity (Wildman–Crippen MR) is 51.1 cm³/mol. The Bertz CT molecular complexity index is 150. The van der Waals surface area contributed by atoms with Crippen LogP contribution in [-0.4, -0.2) is 35.2 Å². The van der Waals surface area contributed by atoms with Gasteiger partial charge in [-0.2, -0.15) is 0 Å². The number of hydrogen-bond donors (Lipinski definition) is 1. The SMILES string of the molecule is CCC1(C)CN(C(C)C(C)O)C1. The van der Waals surface area contributed by atoms with E-state index in [1.165, 1.54) is 6.42 Å². The molecule has 12 heavy (non-hydrogen) atoms. The number of hydrogen-bond acceptors (Lipinski definition) is 2. The van der Waals surface area contributed by atoms with Gasteiger partial charge in [0.05, 0.1) is 6.10 Å². The highest BCUT2D eigenvalue weighted by Gasteiger charge is 2.39. The molecule has 0 aliphatic carbocycles. The van der Waals surface area contributed by atoms with Gasteiger partial charge in [-0.25, -0.2) is 0 Å². The topological polar surface area (TPSA) is 23.5 Å². The van der Waals surface area contributed by atoms with Crippen LogP contribution < -0.4 is 0 Å². The van der Waals surface area contributed by atoms with Crippen LogP contribution in [0.3, 0.4) is 0 Å². The van der Waals surface area contributed by atoms with E-state index in [9.17, 15) is 5.11 Å². The Morgan fingerprint density at radius 2 is 1.92 bits per heavy atom. The van der Waals surface area contributed by atoms with Gasteiger partial charge < -0.3 is 5.11 Å². The molecular formula is C10H21NO. The van der Waals surface area contributed by atoms with Gasteiger partial charge >= 0.3 is 0 Å². The molecule has 0 radical (unpaired) electrons. The lowest BCUT2D eigenvalue weighted by molar-refractivity contribution is -0.0516. The van der Waals surface area contributed by atoms with Crippen LogP contribution in [0.15, 0.2) is 0 Å². The monoisotopic (exact) mass is 171 g/mol. The fourth-order valence-electron chi connectivity index (χ4n) is 1.75. The van der Waals surface area contributed by atoms with Crippen LogP contribution in [0.1, 0.15) is 34.1 Å². The number of aliphatic hydroxyl groups is 1. The maximum Gasteiger partial charge on any atom is 0.0664 e. The van der Waals surface area contributed by atoms with Gasteiger partial charge in [0.1, 0.15) is 0 Å². The Balaban J connectivity index is 2.34. The number of likely N-dealkylation sites (tertiary alicyclic amines) is 1. The molecule has 0 bridgehead atoms. The quantitative estimate of drug-likeness (QED) is 0.695. The van der Waals surface area contributed by atoms with Crippen molar-refractivity contribution >= 4 is 0 Å². The lowest BCUT2D eigenvalue weighted by atomic mass is 9.78. The first-order chi connectivity index (χ1) is 5.48. The highest BCUT2D eigenvalue weighted by Crippen LogP contribution is 2.34. The minimum atomic E-state index is -0.202. The first kappa shape index (κ1) is 10.0. The summed E-state index contributed by atoms with van der Waals surface area (Å²) in [6.07, 6.45) is 1.04. The molecule has 1 rings (SSSR count). The molecule has 1 N–H and O–H groups in total. The predicted octanol–water partition coefficient (Wildman–Crippen LogP) is 1.49. The number of rotatable bonds is 3. The standard InChI is InChI=1S/C10H21NO/c1-5-10(4)6-11(7-10)8(2)9(3)12/h8-9,12H,5-7H2,1-4H3. The first-order valence-corrected chi connectivity index (χ1v) is 4.90. The van der Waals surface area contributed by atoms with Crippen LogP contribution in [0.2, 0.25) is 0 Å². The third-order valence-corrected chi connectivity index (χ3v) is 3.30. The average molecular weight is 171 g/mol. The van der Waals surface area contributed by atoms with Crippen molar-refractivity contribution in [2.24, 2.45) is 5.41 Å². The third kappa shape index (κ3) is 1.80. The number of nitrogens with zero attached hydrogens (tertiary/aromatic N) is 1. The summed E-state index contributed by atoms with van der Waals surface area (Å²) in [6.45, 7) is 10.8. The van der Waals surface area contributed by atoms with E-state index in [1.54, 1.807) is 0 Å². The molecule has 1 aliphatic rings. The highest BCUT2D eigenvalue weighted by atomic mass is 16.3. The van der Waals surface area contributed by atoms with Crippen molar-refractivity contribution in [1.29, 1.82) is 0 Å². The first-order valence-electron chi connectivity index (χ1n) is 4.90. The molecule has 2 unspecified atom stereocenters. The van der Waals surface area contributed by atoms with E-state index >= 15 is 0 Å². The molecule has 0 aromatic heterocycles. The Morgan fingerprint density at radius 1 is 1.42 bits per heavy atom. The molecule has 1 heterocycles. The van der Waals surface area contributed by atoms with Crippen LogP contribution in [0, 0.1) is 5.41 Å². The van der Waals surface area contributed by atoms with E-state index in [-0.39, 0.29) is 6.10 Å². The van der Waals surface area contributed by atoms with Crippen molar-refractivity contribution in [3.05, 3.63) is 0 Å². The zero-order valence-corrected chi connectivity index (χ0v) is 8.67. The molecule has 0 spiro atoms. The average Bonchev–Trinajstić information content (AvgIpc) is 1.97. The van der Waals surface area contributed by atoms with E-state index in [4.69, 9.17) is 0 Å². The normalized spacial score (nSPS) is 27.8. The molecule has 72 valence electrons. The van der Waals surface area contributed by atoms with Crippen LogP contribution in [-0.2, 0) is 0 Å². The molecule has 1 saturated heterocycles. The second-order valence-corrected chi connectivity index (χ2v) is 4.55. The Kier molecular flexibility index (Phi) is 2.79. The number of aliphatic hydroxyl groups excluding tert-OH is 1. The Morgan fingerprint density at radius 3 is 2.25 bits per heavy atom. The Hall–Kier alpha value is -0.0800. The van der Waals surface area contributed by atoms with Gasteiger partial charge in [-0.1, -0.05) is 13.8 Å². The second kappa shape index (κ2) is 3.35. The van der Waals surface area contributed by atoms with Gasteiger partial charge in [0.15, 0.2) is 0 Å². The summed E-state index contributed by atoms with van der Waals surface area (Å²) < 4.78 is 0.